The fraction of sp³-hybridized carbons (Fsp3) is 0.250. The third-order valence-electron chi connectivity index (χ3n) is 4.47. The number of carbonyl (C=O) groups excluding carboxylic acids is 1. The van der Waals surface area contributed by atoms with Crippen molar-refractivity contribution in [2.45, 2.75) is 39.0 Å². The molecule has 0 saturated heterocycles. The predicted octanol–water partition coefficient (Wildman–Crippen LogP) is 6.25. The van der Waals surface area contributed by atoms with Gasteiger partial charge in [-0.05, 0) is 41.8 Å². The van der Waals surface area contributed by atoms with E-state index in [0.717, 1.165) is 17.7 Å². The van der Waals surface area contributed by atoms with Crippen molar-refractivity contribution in [2.24, 2.45) is 0 Å². The first-order chi connectivity index (χ1) is 15.0. The lowest BCUT2D eigenvalue weighted by Crippen LogP contribution is -2.17. The Balaban J connectivity index is 1.71. The Bertz CT molecular complexity index is 1070. The van der Waals surface area contributed by atoms with E-state index in [1.807, 2.05) is 24.3 Å². The first kappa shape index (κ1) is 23.1. The van der Waals surface area contributed by atoms with E-state index in [4.69, 9.17) is 4.74 Å². The Morgan fingerprint density at radius 2 is 1.66 bits per heavy atom. The second-order valence-electron chi connectivity index (χ2n) is 8.11. The zero-order valence-corrected chi connectivity index (χ0v) is 17.9. The van der Waals surface area contributed by atoms with Crippen LogP contribution in [0.25, 0.3) is 0 Å². The molecule has 0 radical (unpaired) electrons. The van der Waals surface area contributed by atoms with Crippen LogP contribution < -0.4 is 14.8 Å². The number of amides is 1. The summed E-state index contributed by atoms with van der Waals surface area (Å²) in [6.45, 7) is 6.23. The monoisotopic (exact) mass is 444 g/mol. The molecule has 1 heterocycles. The number of hydrogen-bond acceptors (Lipinski definition) is 4. The van der Waals surface area contributed by atoms with Crippen LogP contribution in [0.4, 0.5) is 18.9 Å². The second kappa shape index (κ2) is 9.30. The summed E-state index contributed by atoms with van der Waals surface area (Å²) < 4.78 is 46.7. The Hall–Kier alpha value is -3.55. The number of nitrogens with zero attached hydrogens (tertiary/aromatic N) is 1. The standard InChI is InChI=1S/C24H23F3N2O3/c1-23(2,3)19-8-4-5-9-20(19)31-22-16(7-6-14-28-22)15-21(30)29-17-10-12-18(13-11-17)32-24(25,26)27/h4-14H,15H2,1-3H3,(H,29,30). The van der Waals surface area contributed by atoms with E-state index in [0.29, 0.717) is 22.9 Å². The molecule has 3 rings (SSSR count). The number of carbonyl (C=O) groups is 1. The fourth-order valence-electron chi connectivity index (χ4n) is 3.05. The molecule has 2 aromatic carbocycles. The van der Waals surface area contributed by atoms with E-state index in [-0.39, 0.29) is 23.5 Å². The van der Waals surface area contributed by atoms with Crippen LogP contribution in [0.1, 0.15) is 31.9 Å². The molecule has 0 aliphatic heterocycles. The Kier molecular flexibility index (Phi) is 6.72. The van der Waals surface area contributed by atoms with Crippen molar-refractivity contribution in [3.63, 3.8) is 0 Å². The molecule has 168 valence electrons. The highest BCUT2D eigenvalue weighted by Gasteiger charge is 2.31. The molecule has 0 bridgehead atoms. The van der Waals surface area contributed by atoms with Crippen LogP contribution in [0, 0.1) is 0 Å². The maximum Gasteiger partial charge on any atom is 0.573 e. The van der Waals surface area contributed by atoms with Crippen molar-refractivity contribution in [2.75, 3.05) is 5.32 Å². The highest BCUT2D eigenvalue weighted by Crippen LogP contribution is 2.34. The van der Waals surface area contributed by atoms with Gasteiger partial charge in [0, 0.05) is 23.0 Å². The minimum absolute atomic E-state index is 0.0261. The van der Waals surface area contributed by atoms with Crippen LogP contribution in [0.2, 0.25) is 0 Å². The van der Waals surface area contributed by atoms with Gasteiger partial charge in [-0.2, -0.15) is 0 Å². The van der Waals surface area contributed by atoms with E-state index in [1.54, 1.807) is 18.3 Å². The van der Waals surface area contributed by atoms with Crippen LogP contribution in [-0.2, 0) is 16.6 Å². The van der Waals surface area contributed by atoms with Gasteiger partial charge in [0.25, 0.3) is 0 Å². The first-order valence-corrected chi connectivity index (χ1v) is 9.88. The molecule has 8 heteroatoms. The average Bonchev–Trinajstić information content (AvgIpc) is 2.69. The number of para-hydroxylation sites is 1. The Labute approximate surface area is 184 Å². The number of pyridine rings is 1. The molecule has 0 unspecified atom stereocenters. The van der Waals surface area contributed by atoms with Crippen LogP contribution in [-0.4, -0.2) is 17.3 Å². The van der Waals surface area contributed by atoms with Gasteiger partial charge in [0.15, 0.2) is 0 Å². The third kappa shape index (κ3) is 6.47. The first-order valence-electron chi connectivity index (χ1n) is 9.88. The van der Waals surface area contributed by atoms with Gasteiger partial charge in [-0.15, -0.1) is 13.2 Å². The molecule has 0 aliphatic rings. The molecule has 32 heavy (non-hydrogen) atoms. The summed E-state index contributed by atoms with van der Waals surface area (Å²) in [5, 5.41) is 2.65. The van der Waals surface area contributed by atoms with Crippen molar-refractivity contribution in [1.82, 2.24) is 4.98 Å². The zero-order valence-electron chi connectivity index (χ0n) is 17.9. The summed E-state index contributed by atoms with van der Waals surface area (Å²) in [4.78, 5) is 16.8. The number of hydrogen-bond donors (Lipinski definition) is 1. The summed E-state index contributed by atoms with van der Waals surface area (Å²) in [5.74, 6) is 0.237. The summed E-state index contributed by atoms with van der Waals surface area (Å²) >= 11 is 0. The molecular formula is C24H23F3N2O3. The molecule has 0 fully saturated rings. The molecule has 1 amide bonds. The fourth-order valence-corrected chi connectivity index (χ4v) is 3.05. The minimum Gasteiger partial charge on any atom is -0.438 e. The van der Waals surface area contributed by atoms with E-state index >= 15 is 0 Å². The summed E-state index contributed by atoms with van der Waals surface area (Å²) in [6, 6.07) is 16.0. The quantitative estimate of drug-likeness (QED) is 0.488. The van der Waals surface area contributed by atoms with Gasteiger partial charge in [0.1, 0.15) is 11.5 Å². The number of anilines is 1. The predicted molar refractivity (Wildman–Crippen MR) is 115 cm³/mol. The maximum atomic E-state index is 12.5. The molecule has 0 atom stereocenters. The van der Waals surface area contributed by atoms with E-state index < -0.39 is 6.36 Å². The summed E-state index contributed by atoms with van der Waals surface area (Å²) in [7, 11) is 0. The third-order valence-corrected chi connectivity index (χ3v) is 4.47. The van der Waals surface area contributed by atoms with Gasteiger partial charge in [-0.1, -0.05) is 45.0 Å². The molecule has 1 N–H and O–H groups in total. The van der Waals surface area contributed by atoms with Crippen LogP contribution >= 0.6 is 0 Å². The maximum absolute atomic E-state index is 12.5. The molecule has 3 aromatic rings. The molecule has 0 spiro atoms. The molecular weight excluding hydrogens is 421 g/mol. The van der Waals surface area contributed by atoms with E-state index in [2.05, 4.69) is 35.8 Å². The van der Waals surface area contributed by atoms with Crippen LogP contribution in [0.3, 0.4) is 0 Å². The van der Waals surface area contributed by atoms with Crippen molar-refractivity contribution in [3.05, 3.63) is 78.0 Å². The van der Waals surface area contributed by atoms with Gasteiger partial charge in [0.2, 0.25) is 11.8 Å². The smallest absolute Gasteiger partial charge is 0.438 e. The largest absolute Gasteiger partial charge is 0.573 e. The highest BCUT2D eigenvalue weighted by molar-refractivity contribution is 5.92. The summed E-state index contributed by atoms with van der Waals surface area (Å²) in [6.07, 6.45) is -3.22. The van der Waals surface area contributed by atoms with Gasteiger partial charge >= 0.3 is 6.36 Å². The number of benzene rings is 2. The number of aromatic nitrogens is 1. The van der Waals surface area contributed by atoms with Gasteiger partial charge in [-0.3, -0.25) is 4.79 Å². The molecule has 0 saturated carbocycles. The number of nitrogens with one attached hydrogen (secondary N) is 1. The van der Waals surface area contributed by atoms with Crippen molar-refractivity contribution in [3.8, 4) is 17.4 Å². The summed E-state index contributed by atoms with van der Waals surface area (Å²) in [5.41, 5.74) is 1.77. The van der Waals surface area contributed by atoms with Crippen LogP contribution in [0.15, 0.2) is 66.9 Å². The SMILES string of the molecule is CC(C)(C)c1ccccc1Oc1ncccc1CC(=O)Nc1ccc(OC(F)(F)F)cc1. The number of rotatable bonds is 6. The van der Waals surface area contributed by atoms with Gasteiger partial charge < -0.3 is 14.8 Å². The van der Waals surface area contributed by atoms with Crippen LogP contribution in [0.5, 0.6) is 17.4 Å². The van der Waals surface area contributed by atoms with E-state index in [9.17, 15) is 18.0 Å². The number of alkyl halides is 3. The highest BCUT2D eigenvalue weighted by atomic mass is 19.4. The lowest BCUT2D eigenvalue weighted by Gasteiger charge is -2.22. The lowest BCUT2D eigenvalue weighted by molar-refractivity contribution is -0.274. The second-order valence-corrected chi connectivity index (χ2v) is 8.11. The van der Waals surface area contributed by atoms with Crippen molar-refractivity contribution >= 4 is 11.6 Å². The number of halogens is 3. The van der Waals surface area contributed by atoms with Gasteiger partial charge in [0.05, 0.1) is 6.42 Å². The normalized spacial score (nSPS) is 11.7. The van der Waals surface area contributed by atoms with Crippen molar-refractivity contribution < 1.29 is 27.4 Å². The molecule has 5 nitrogen and oxygen atoms in total. The lowest BCUT2D eigenvalue weighted by atomic mass is 9.86. The topological polar surface area (TPSA) is 60.5 Å². The minimum atomic E-state index is -4.77. The Morgan fingerprint density at radius 1 is 0.969 bits per heavy atom. The Morgan fingerprint density at radius 3 is 2.31 bits per heavy atom. The molecule has 1 aromatic heterocycles. The average molecular weight is 444 g/mol. The number of ether oxygens (including phenoxy) is 2. The van der Waals surface area contributed by atoms with E-state index in [1.165, 1.54) is 12.1 Å². The molecule has 0 aliphatic carbocycles. The van der Waals surface area contributed by atoms with Crippen molar-refractivity contribution in [1.29, 1.82) is 0 Å². The van der Waals surface area contributed by atoms with Gasteiger partial charge in [-0.25, -0.2) is 4.98 Å². The zero-order chi connectivity index (χ0) is 23.4.